The Morgan fingerprint density at radius 2 is 1.58 bits per heavy atom. The summed E-state index contributed by atoms with van der Waals surface area (Å²) >= 11 is 0. The van der Waals surface area contributed by atoms with Gasteiger partial charge in [-0.2, -0.15) is 5.10 Å². The zero-order valence-corrected chi connectivity index (χ0v) is 17.2. The Hall–Kier alpha value is -4.19. The Bertz CT molecular complexity index is 1600. The number of hydrogen-bond donors (Lipinski definition) is 1. The van der Waals surface area contributed by atoms with E-state index in [0.29, 0.717) is 10.9 Å². The molecule has 5 aromatic rings. The highest BCUT2D eigenvalue weighted by atomic mass is 16.2. The standard InChI is InChI=1S/C25H20N4O2/c1-16-14-19(15-26-29-24(30)21-11-5-6-12-22(21)27-25(29)31)17(2)28(16)23-13-7-9-18-8-3-4-10-20(18)23/h3-15H,1-2H3,(H,27,31). The number of aromatic nitrogens is 3. The molecule has 0 bridgehead atoms. The topological polar surface area (TPSA) is 72.2 Å². The Balaban J connectivity index is 1.63. The quantitative estimate of drug-likeness (QED) is 0.456. The molecular formula is C25H20N4O2. The van der Waals surface area contributed by atoms with Crippen LogP contribution < -0.4 is 11.2 Å². The second-order valence-electron chi connectivity index (χ2n) is 7.50. The molecule has 3 aromatic carbocycles. The molecule has 31 heavy (non-hydrogen) atoms. The van der Waals surface area contributed by atoms with E-state index in [1.165, 1.54) is 0 Å². The molecule has 0 radical (unpaired) electrons. The van der Waals surface area contributed by atoms with E-state index in [-0.39, 0.29) is 0 Å². The predicted molar refractivity (Wildman–Crippen MR) is 125 cm³/mol. The van der Waals surface area contributed by atoms with E-state index in [0.717, 1.165) is 38.1 Å². The molecule has 0 atom stereocenters. The highest BCUT2D eigenvalue weighted by Gasteiger charge is 2.12. The summed E-state index contributed by atoms with van der Waals surface area (Å²) in [5.74, 6) is 0. The lowest BCUT2D eigenvalue weighted by Gasteiger charge is -2.13. The minimum Gasteiger partial charge on any atom is -0.317 e. The molecule has 5 rings (SSSR count). The van der Waals surface area contributed by atoms with E-state index >= 15 is 0 Å². The Labute approximate surface area is 177 Å². The number of para-hydroxylation sites is 1. The summed E-state index contributed by atoms with van der Waals surface area (Å²) in [7, 11) is 0. The molecule has 152 valence electrons. The number of hydrogen-bond acceptors (Lipinski definition) is 3. The van der Waals surface area contributed by atoms with Crippen molar-refractivity contribution in [3.05, 3.63) is 111 Å². The molecule has 2 heterocycles. The highest BCUT2D eigenvalue weighted by molar-refractivity contribution is 5.91. The Morgan fingerprint density at radius 1 is 0.871 bits per heavy atom. The van der Waals surface area contributed by atoms with Crippen molar-refractivity contribution in [1.82, 2.24) is 14.2 Å². The van der Waals surface area contributed by atoms with Crippen LogP contribution in [0, 0.1) is 13.8 Å². The lowest BCUT2D eigenvalue weighted by atomic mass is 10.1. The van der Waals surface area contributed by atoms with Gasteiger partial charge in [0.25, 0.3) is 5.56 Å². The van der Waals surface area contributed by atoms with Crippen LogP contribution in [-0.4, -0.2) is 20.4 Å². The van der Waals surface area contributed by atoms with Crippen LogP contribution in [0.25, 0.3) is 27.4 Å². The van der Waals surface area contributed by atoms with E-state index in [4.69, 9.17) is 0 Å². The van der Waals surface area contributed by atoms with Gasteiger partial charge in [-0.25, -0.2) is 4.79 Å². The molecule has 1 N–H and O–H groups in total. The lowest BCUT2D eigenvalue weighted by molar-refractivity contribution is 0.771. The summed E-state index contributed by atoms with van der Waals surface area (Å²) < 4.78 is 3.03. The van der Waals surface area contributed by atoms with Gasteiger partial charge in [0.15, 0.2) is 0 Å². The molecule has 2 aromatic heterocycles. The molecule has 0 saturated carbocycles. The summed E-state index contributed by atoms with van der Waals surface area (Å²) in [6.07, 6.45) is 1.56. The number of rotatable bonds is 3. The van der Waals surface area contributed by atoms with Crippen LogP contribution in [-0.2, 0) is 0 Å². The third-order valence-electron chi connectivity index (χ3n) is 5.57. The minimum atomic E-state index is -0.567. The van der Waals surface area contributed by atoms with Crippen LogP contribution in [0.4, 0.5) is 0 Å². The van der Waals surface area contributed by atoms with Gasteiger partial charge < -0.3 is 9.55 Å². The van der Waals surface area contributed by atoms with Gasteiger partial charge in [0, 0.05) is 22.3 Å². The first-order valence-electron chi connectivity index (χ1n) is 10.00. The summed E-state index contributed by atoms with van der Waals surface area (Å²) in [4.78, 5) is 27.8. The number of fused-ring (bicyclic) bond motifs is 2. The Kier molecular flexibility index (Phi) is 4.40. The number of nitrogens with one attached hydrogen (secondary N) is 1. The molecular weight excluding hydrogens is 388 g/mol. The predicted octanol–water partition coefficient (Wildman–Crippen LogP) is 4.13. The van der Waals surface area contributed by atoms with Crippen LogP contribution in [0.1, 0.15) is 17.0 Å². The highest BCUT2D eigenvalue weighted by Crippen LogP contribution is 2.26. The zero-order valence-electron chi connectivity index (χ0n) is 17.2. The van der Waals surface area contributed by atoms with Gasteiger partial charge >= 0.3 is 5.69 Å². The second-order valence-corrected chi connectivity index (χ2v) is 7.50. The van der Waals surface area contributed by atoms with Crippen LogP contribution in [0.2, 0.25) is 0 Å². The van der Waals surface area contributed by atoms with Crippen molar-refractivity contribution < 1.29 is 0 Å². The van der Waals surface area contributed by atoms with E-state index < -0.39 is 11.2 Å². The van der Waals surface area contributed by atoms with Crippen LogP contribution in [0.5, 0.6) is 0 Å². The monoisotopic (exact) mass is 408 g/mol. The summed E-state index contributed by atoms with van der Waals surface area (Å²) in [6.45, 7) is 4.03. The number of aryl methyl sites for hydroxylation is 1. The number of aromatic amines is 1. The lowest BCUT2D eigenvalue weighted by Crippen LogP contribution is -2.32. The molecule has 0 aliphatic carbocycles. The molecule has 0 aliphatic rings. The fourth-order valence-corrected chi connectivity index (χ4v) is 4.07. The van der Waals surface area contributed by atoms with Gasteiger partial charge in [0.2, 0.25) is 0 Å². The molecule has 6 nitrogen and oxygen atoms in total. The number of benzene rings is 3. The van der Waals surface area contributed by atoms with Gasteiger partial charge in [0.1, 0.15) is 0 Å². The molecule has 6 heteroatoms. The fraction of sp³-hybridized carbons (Fsp3) is 0.0800. The third-order valence-corrected chi connectivity index (χ3v) is 5.57. The average molecular weight is 408 g/mol. The van der Waals surface area contributed by atoms with Crippen molar-refractivity contribution in [3.63, 3.8) is 0 Å². The molecule has 0 aliphatic heterocycles. The van der Waals surface area contributed by atoms with E-state index in [9.17, 15) is 9.59 Å². The van der Waals surface area contributed by atoms with Gasteiger partial charge in [0.05, 0.1) is 22.8 Å². The third kappa shape index (κ3) is 3.09. The zero-order chi connectivity index (χ0) is 21.5. The van der Waals surface area contributed by atoms with Crippen molar-refractivity contribution in [2.24, 2.45) is 5.10 Å². The molecule has 0 saturated heterocycles. The largest absolute Gasteiger partial charge is 0.349 e. The van der Waals surface area contributed by atoms with Crippen LogP contribution in [0.15, 0.2) is 87.5 Å². The maximum Gasteiger partial charge on any atom is 0.349 e. The molecule has 0 spiro atoms. The van der Waals surface area contributed by atoms with E-state index in [1.54, 1.807) is 30.5 Å². The first kappa shape index (κ1) is 18.8. The maximum atomic E-state index is 12.7. The van der Waals surface area contributed by atoms with Gasteiger partial charge in [-0.3, -0.25) is 4.79 Å². The minimum absolute atomic E-state index is 0.417. The average Bonchev–Trinajstić information content (AvgIpc) is 3.06. The van der Waals surface area contributed by atoms with Gasteiger partial charge in [-0.1, -0.05) is 48.5 Å². The van der Waals surface area contributed by atoms with Crippen LogP contribution in [0.3, 0.4) is 0 Å². The van der Waals surface area contributed by atoms with Gasteiger partial charge in [-0.05, 0) is 43.5 Å². The van der Waals surface area contributed by atoms with Crippen molar-refractivity contribution in [2.75, 3.05) is 0 Å². The van der Waals surface area contributed by atoms with Crippen LogP contribution >= 0.6 is 0 Å². The Morgan fingerprint density at radius 3 is 2.42 bits per heavy atom. The maximum absolute atomic E-state index is 12.7. The number of nitrogens with zero attached hydrogens (tertiary/aromatic N) is 3. The van der Waals surface area contributed by atoms with Crippen molar-refractivity contribution in [1.29, 1.82) is 0 Å². The first-order chi connectivity index (χ1) is 15.0. The second kappa shape index (κ2) is 7.25. The summed E-state index contributed by atoms with van der Waals surface area (Å²) in [5, 5.41) is 6.95. The molecule has 0 unspecified atom stereocenters. The SMILES string of the molecule is Cc1cc(C=Nn2c(=O)[nH]c3ccccc3c2=O)c(C)n1-c1cccc2ccccc12. The number of H-pyrrole nitrogens is 1. The van der Waals surface area contributed by atoms with Crippen molar-refractivity contribution in [2.45, 2.75) is 13.8 Å². The molecule has 0 fully saturated rings. The fourth-order valence-electron chi connectivity index (χ4n) is 4.07. The first-order valence-corrected chi connectivity index (χ1v) is 10.00. The van der Waals surface area contributed by atoms with Crippen molar-refractivity contribution >= 4 is 27.9 Å². The summed E-state index contributed by atoms with van der Waals surface area (Å²) in [6, 6.07) is 23.4. The van der Waals surface area contributed by atoms with Crippen molar-refractivity contribution in [3.8, 4) is 5.69 Å². The van der Waals surface area contributed by atoms with Gasteiger partial charge in [-0.15, -0.1) is 4.68 Å². The van der Waals surface area contributed by atoms with E-state index in [1.807, 2.05) is 38.1 Å². The summed E-state index contributed by atoms with van der Waals surface area (Å²) in [5.41, 5.74) is 3.41. The normalized spacial score (nSPS) is 11.7. The smallest absolute Gasteiger partial charge is 0.317 e. The van der Waals surface area contributed by atoms with E-state index in [2.05, 4.69) is 38.9 Å². The molecule has 0 amide bonds.